The van der Waals surface area contributed by atoms with Crippen molar-refractivity contribution in [3.8, 4) is 0 Å². The molecule has 0 saturated heterocycles. The molecular formula is C73H141NO5. The van der Waals surface area contributed by atoms with Gasteiger partial charge >= 0.3 is 5.97 Å². The number of esters is 1. The van der Waals surface area contributed by atoms with Crippen LogP contribution in [0.15, 0.2) is 24.3 Å². The third-order valence-electron chi connectivity index (χ3n) is 17.0. The van der Waals surface area contributed by atoms with Gasteiger partial charge in [0.05, 0.1) is 25.4 Å². The normalized spacial score (nSPS) is 12.6. The number of aliphatic hydroxyl groups excluding tert-OH is 2. The molecule has 0 aromatic heterocycles. The minimum absolute atomic E-state index is 0.00986. The van der Waals surface area contributed by atoms with Gasteiger partial charge in [-0.1, -0.05) is 359 Å². The van der Waals surface area contributed by atoms with Gasteiger partial charge in [0.15, 0.2) is 0 Å². The summed E-state index contributed by atoms with van der Waals surface area (Å²) in [5, 5.41) is 23.3. The fourth-order valence-corrected chi connectivity index (χ4v) is 11.5. The molecule has 6 nitrogen and oxygen atoms in total. The maximum atomic E-state index is 12.5. The predicted octanol–water partition coefficient (Wildman–Crippen LogP) is 23.3. The highest BCUT2D eigenvalue weighted by Crippen LogP contribution is 2.19. The average molecular weight is 1110 g/mol. The Morgan fingerprint density at radius 3 is 0.911 bits per heavy atom. The smallest absolute Gasteiger partial charge is 0.305 e. The Balaban J connectivity index is 3.37. The molecule has 0 aliphatic heterocycles. The number of amides is 1. The second-order valence-electron chi connectivity index (χ2n) is 24.9. The first-order valence-electron chi connectivity index (χ1n) is 36.1. The summed E-state index contributed by atoms with van der Waals surface area (Å²) in [6, 6.07) is -0.626. The molecule has 0 aliphatic carbocycles. The number of hydrogen-bond donors (Lipinski definition) is 3. The van der Waals surface area contributed by atoms with Crippen molar-refractivity contribution in [2.75, 3.05) is 13.2 Å². The Kier molecular flexibility index (Phi) is 67.4. The number of hydrogen-bond acceptors (Lipinski definition) is 5. The molecule has 0 aliphatic rings. The molecule has 0 fully saturated rings. The molecule has 2 atom stereocenters. The number of allylic oxidation sites excluding steroid dienone is 3. The Bertz CT molecular complexity index is 1230. The van der Waals surface area contributed by atoms with Gasteiger partial charge in [0.25, 0.3) is 0 Å². The van der Waals surface area contributed by atoms with Gasteiger partial charge in [-0.15, -0.1) is 0 Å². The molecule has 468 valence electrons. The predicted molar refractivity (Wildman–Crippen MR) is 347 cm³/mol. The maximum absolute atomic E-state index is 12.5. The van der Waals surface area contributed by atoms with E-state index in [1.54, 1.807) is 6.08 Å². The van der Waals surface area contributed by atoms with E-state index in [2.05, 4.69) is 31.3 Å². The largest absolute Gasteiger partial charge is 0.466 e. The SMILES string of the molecule is CCCCCC/C=C\CCCCCCCC(=O)OCCCCCCCCCCCCCCCCCCCCCCCCCCCCCCC(=O)NC(CO)C(O)/C=C/CCCCCCCCCCCCCCCCCCCCC. The van der Waals surface area contributed by atoms with E-state index in [1.165, 1.54) is 334 Å². The van der Waals surface area contributed by atoms with Crippen LogP contribution in [0.4, 0.5) is 0 Å². The molecule has 0 saturated carbocycles. The van der Waals surface area contributed by atoms with Crippen LogP contribution in [0, 0.1) is 0 Å². The van der Waals surface area contributed by atoms with Gasteiger partial charge in [0, 0.05) is 12.8 Å². The number of nitrogens with one attached hydrogen (secondary N) is 1. The molecule has 0 radical (unpaired) electrons. The standard InChI is InChI=1S/C73H141NO5/c1-3-5-7-9-11-13-15-17-18-19-20-29-32-35-38-42-45-49-53-57-61-65-71(76)70(69-75)74-72(77)66-62-58-54-50-46-43-39-36-33-30-27-25-23-21-22-24-26-28-31-34-37-40-44-48-52-56-60-64-68-79-73(78)67-63-59-55-51-47-41-16-14-12-10-8-6-4-2/h14,16,61,65,70-71,75-76H,3-13,15,17-60,62-64,66-69H2,1-2H3,(H,74,77)/b16-14-,65-61+. The summed E-state index contributed by atoms with van der Waals surface area (Å²) in [6.07, 6.45) is 86.9. The monoisotopic (exact) mass is 1110 g/mol. The lowest BCUT2D eigenvalue weighted by atomic mass is 10.0. The lowest BCUT2D eigenvalue weighted by Gasteiger charge is -2.20. The van der Waals surface area contributed by atoms with Crippen LogP contribution < -0.4 is 5.32 Å². The molecule has 0 heterocycles. The number of unbranched alkanes of at least 4 members (excludes halogenated alkanes) is 55. The van der Waals surface area contributed by atoms with Crippen molar-refractivity contribution in [2.24, 2.45) is 0 Å². The van der Waals surface area contributed by atoms with Crippen LogP contribution in [0.25, 0.3) is 0 Å². The summed E-state index contributed by atoms with van der Waals surface area (Å²) in [5.41, 5.74) is 0. The number of rotatable bonds is 68. The molecule has 2 unspecified atom stereocenters. The second kappa shape index (κ2) is 68.8. The first-order chi connectivity index (χ1) is 39.0. The molecule has 0 rings (SSSR count). The van der Waals surface area contributed by atoms with Gasteiger partial charge in [-0.25, -0.2) is 0 Å². The highest BCUT2D eigenvalue weighted by Gasteiger charge is 2.18. The first-order valence-corrected chi connectivity index (χ1v) is 36.1. The van der Waals surface area contributed by atoms with E-state index in [4.69, 9.17) is 4.74 Å². The van der Waals surface area contributed by atoms with Gasteiger partial charge in [0.1, 0.15) is 0 Å². The minimum atomic E-state index is -0.843. The lowest BCUT2D eigenvalue weighted by Crippen LogP contribution is -2.45. The molecule has 79 heavy (non-hydrogen) atoms. The molecule has 0 spiro atoms. The number of ether oxygens (including phenoxy) is 1. The van der Waals surface area contributed by atoms with Gasteiger partial charge in [-0.2, -0.15) is 0 Å². The van der Waals surface area contributed by atoms with E-state index in [0.717, 1.165) is 44.9 Å². The zero-order valence-corrected chi connectivity index (χ0v) is 53.6. The van der Waals surface area contributed by atoms with E-state index < -0.39 is 12.1 Å². The van der Waals surface area contributed by atoms with E-state index in [0.29, 0.717) is 19.4 Å². The topological polar surface area (TPSA) is 95.9 Å². The zero-order valence-electron chi connectivity index (χ0n) is 53.6. The molecule has 1 amide bonds. The summed E-state index contributed by atoms with van der Waals surface area (Å²) in [5.74, 6) is -0.0507. The number of carbonyl (C=O) groups is 2. The van der Waals surface area contributed by atoms with Crippen molar-refractivity contribution >= 4 is 11.9 Å². The fourth-order valence-electron chi connectivity index (χ4n) is 11.5. The molecular weight excluding hydrogens is 971 g/mol. The number of carbonyl (C=O) groups excluding carboxylic acids is 2. The van der Waals surface area contributed by atoms with Crippen LogP contribution in [0.2, 0.25) is 0 Å². The molecule has 0 aromatic rings. The van der Waals surface area contributed by atoms with Crippen molar-refractivity contribution < 1.29 is 24.5 Å². The fraction of sp³-hybridized carbons (Fsp3) is 0.918. The summed E-state index contributed by atoms with van der Waals surface area (Å²) >= 11 is 0. The Hall–Kier alpha value is -1.66. The minimum Gasteiger partial charge on any atom is -0.466 e. The van der Waals surface area contributed by atoms with E-state index in [9.17, 15) is 19.8 Å². The third kappa shape index (κ3) is 65.4. The Morgan fingerprint density at radius 1 is 0.342 bits per heavy atom. The lowest BCUT2D eigenvalue weighted by molar-refractivity contribution is -0.143. The maximum Gasteiger partial charge on any atom is 0.305 e. The Morgan fingerprint density at radius 2 is 0.595 bits per heavy atom. The second-order valence-corrected chi connectivity index (χ2v) is 24.9. The highest BCUT2D eigenvalue weighted by atomic mass is 16.5. The van der Waals surface area contributed by atoms with Gasteiger partial charge in [-0.3, -0.25) is 9.59 Å². The highest BCUT2D eigenvalue weighted by molar-refractivity contribution is 5.76. The number of aliphatic hydroxyl groups is 2. The first kappa shape index (κ1) is 77.3. The molecule has 6 heteroatoms. The summed E-state index contributed by atoms with van der Waals surface area (Å²) < 4.78 is 5.48. The van der Waals surface area contributed by atoms with Crippen LogP contribution >= 0.6 is 0 Å². The average Bonchev–Trinajstić information content (AvgIpc) is 3.45. The zero-order chi connectivity index (χ0) is 57.1. The van der Waals surface area contributed by atoms with Crippen LogP contribution in [-0.4, -0.2) is 47.4 Å². The van der Waals surface area contributed by atoms with Crippen LogP contribution in [-0.2, 0) is 14.3 Å². The summed E-state index contributed by atoms with van der Waals surface area (Å²) in [6.45, 7) is 4.93. The van der Waals surface area contributed by atoms with Crippen LogP contribution in [0.5, 0.6) is 0 Å². The molecule has 3 N–H and O–H groups in total. The van der Waals surface area contributed by atoms with E-state index in [1.807, 2.05) is 6.08 Å². The van der Waals surface area contributed by atoms with Crippen molar-refractivity contribution in [1.29, 1.82) is 0 Å². The summed E-state index contributed by atoms with van der Waals surface area (Å²) in [4.78, 5) is 24.6. The van der Waals surface area contributed by atoms with Gasteiger partial charge < -0.3 is 20.3 Å². The van der Waals surface area contributed by atoms with E-state index in [-0.39, 0.29) is 18.5 Å². The Labute approximate surface area is 494 Å². The van der Waals surface area contributed by atoms with Crippen molar-refractivity contribution in [2.45, 2.75) is 418 Å². The quantitative estimate of drug-likeness (QED) is 0.0320. The van der Waals surface area contributed by atoms with Crippen molar-refractivity contribution in [3.05, 3.63) is 24.3 Å². The van der Waals surface area contributed by atoms with Crippen molar-refractivity contribution in [1.82, 2.24) is 5.32 Å². The van der Waals surface area contributed by atoms with Gasteiger partial charge in [0.2, 0.25) is 5.91 Å². The molecule has 0 aromatic carbocycles. The summed E-state index contributed by atoms with van der Waals surface area (Å²) in [7, 11) is 0. The van der Waals surface area contributed by atoms with Crippen LogP contribution in [0.3, 0.4) is 0 Å². The van der Waals surface area contributed by atoms with Crippen molar-refractivity contribution in [3.63, 3.8) is 0 Å². The molecule has 0 bridgehead atoms. The van der Waals surface area contributed by atoms with E-state index >= 15 is 0 Å². The van der Waals surface area contributed by atoms with Gasteiger partial charge in [-0.05, 0) is 57.8 Å². The van der Waals surface area contributed by atoms with Crippen LogP contribution in [0.1, 0.15) is 406 Å². The third-order valence-corrected chi connectivity index (χ3v) is 17.0.